The van der Waals surface area contributed by atoms with Crippen molar-refractivity contribution in [1.82, 2.24) is 0 Å². The first kappa shape index (κ1) is 14.6. The Morgan fingerprint density at radius 2 is 2.00 bits per heavy atom. The topological polar surface area (TPSA) is 47.3 Å². The minimum absolute atomic E-state index is 0.423. The monoisotopic (exact) mass is 256 g/mol. The molecular weight excluding hydrogens is 236 g/mol. The normalized spacial score (nSPS) is 12.0. The molecule has 1 rings (SSSR count). The molecule has 100 valence electrons. The number of nitrogens with one attached hydrogen (secondary N) is 1. The van der Waals surface area contributed by atoms with Gasteiger partial charge in [-0.25, -0.2) is 0 Å². The van der Waals surface area contributed by atoms with Gasteiger partial charge in [0, 0.05) is 0 Å². The molecule has 0 amide bonds. The molecule has 0 aromatic heterocycles. The third-order valence-corrected chi connectivity index (χ3v) is 2.26. The molecule has 1 aromatic rings. The first-order valence-corrected chi connectivity index (χ1v) is 6.11. The Labute approximate surface area is 114 Å². The second kappa shape index (κ2) is 7.82. The maximum absolute atomic E-state index is 5.84. The van der Waals surface area contributed by atoms with Crippen LogP contribution in [0.15, 0.2) is 72.9 Å². The molecule has 3 heteroatoms. The fourth-order valence-corrected chi connectivity index (χ4v) is 1.41. The van der Waals surface area contributed by atoms with Crippen molar-refractivity contribution >= 4 is 11.4 Å². The van der Waals surface area contributed by atoms with Crippen LogP contribution >= 0.6 is 0 Å². The van der Waals surface area contributed by atoms with E-state index in [2.05, 4.69) is 11.9 Å². The molecule has 0 saturated heterocycles. The molecule has 0 saturated carbocycles. The second-order valence-electron chi connectivity index (χ2n) is 3.83. The lowest BCUT2D eigenvalue weighted by Gasteiger charge is -2.13. The van der Waals surface area contributed by atoms with Gasteiger partial charge < -0.3 is 15.8 Å². The van der Waals surface area contributed by atoms with E-state index in [1.165, 1.54) is 0 Å². The third kappa shape index (κ3) is 5.17. The number of allylic oxidation sites excluding steroid dienone is 5. The van der Waals surface area contributed by atoms with E-state index in [-0.39, 0.29) is 0 Å². The highest BCUT2D eigenvalue weighted by Crippen LogP contribution is 2.19. The number of para-hydroxylation sites is 2. The van der Waals surface area contributed by atoms with E-state index in [0.717, 1.165) is 5.69 Å². The minimum atomic E-state index is 0.423. The molecule has 0 bridgehead atoms. The molecule has 0 atom stereocenters. The molecule has 0 unspecified atom stereocenters. The minimum Gasteiger partial charge on any atom is -0.442 e. The van der Waals surface area contributed by atoms with E-state index < -0.39 is 0 Å². The number of rotatable bonds is 6. The molecule has 0 fully saturated rings. The molecule has 1 aromatic carbocycles. The molecule has 0 aliphatic rings. The maximum atomic E-state index is 5.84. The summed E-state index contributed by atoms with van der Waals surface area (Å²) in [6.07, 6.45) is 9.46. The Hall–Kier alpha value is -2.42. The lowest BCUT2D eigenvalue weighted by Crippen LogP contribution is -2.04. The van der Waals surface area contributed by atoms with Gasteiger partial charge in [0.2, 0.25) is 0 Å². The largest absolute Gasteiger partial charge is 0.442 e. The molecule has 3 N–H and O–H groups in total. The second-order valence-corrected chi connectivity index (χ2v) is 3.83. The van der Waals surface area contributed by atoms with Crippen LogP contribution in [0.2, 0.25) is 0 Å². The van der Waals surface area contributed by atoms with E-state index in [1.807, 2.05) is 68.5 Å². The Kier molecular flexibility index (Phi) is 6.03. The Balaban J connectivity index is 2.71. The van der Waals surface area contributed by atoms with Gasteiger partial charge in [-0.15, -0.1) is 0 Å². The fraction of sp³-hybridized carbons (Fsp3) is 0.125. The van der Waals surface area contributed by atoms with Crippen molar-refractivity contribution in [3.63, 3.8) is 0 Å². The molecule has 19 heavy (non-hydrogen) atoms. The average Bonchev–Trinajstić information content (AvgIpc) is 2.39. The number of anilines is 2. The molecule has 0 heterocycles. The van der Waals surface area contributed by atoms with Gasteiger partial charge in [-0.1, -0.05) is 30.4 Å². The fourth-order valence-electron chi connectivity index (χ4n) is 1.41. The van der Waals surface area contributed by atoms with Gasteiger partial charge in [0.15, 0.2) is 5.88 Å². The Morgan fingerprint density at radius 3 is 2.63 bits per heavy atom. The number of nitrogens with two attached hydrogens (primary N) is 1. The van der Waals surface area contributed by atoms with Gasteiger partial charge in [-0.05, 0) is 44.7 Å². The van der Waals surface area contributed by atoms with Crippen molar-refractivity contribution in [1.29, 1.82) is 0 Å². The van der Waals surface area contributed by atoms with Crippen LogP contribution in [0, 0.1) is 0 Å². The highest BCUT2D eigenvalue weighted by atomic mass is 16.5. The lowest BCUT2D eigenvalue weighted by atomic mass is 10.3. The van der Waals surface area contributed by atoms with Gasteiger partial charge in [0.25, 0.3) is 0 Å². The van der Waals surface area contributed by atoms with Crippen LogP contribution in [0.1, 0.15) is 13.8 Å². The summed E-state index contributed by atoms with van der Waals surface area (Å²) in [6.45, 7) is 7.71. The summed E-state index contributed by atoms with van der Waals surface area (Å²) in [5.41, 5.74) is 7.27. The third-order valence-electron chi connectivity index (χ3n) is 2.26. The van der Waals surface area contributed by atoms with Crippen LogP contribution < -0.4 is 11.1 Å². The standard InChI is InChI=1S/C16H20N2O/c1-4-6-10-14(9-5-2)19-13(3)18-16-12-8-7-11-15(16)17/h4-12,18H,3,17H2,1-2H3/b6-4+,9-5-,14-10+. The Morgan fingerprint density at radius 1 is 1.26 bits per heavy atom. The van der Waals surface area contributed by atoms with Gasteiger partial charge in [0.1, 0.15) is 5.76 Å². The first-order chi connectivity index (χ1) is 9.17. The van der Waals surface area contributed by atoms with Crippen LogP contribution in [0.5, 0.6) is 0 Å². The summed E-state index contributed by atoms with van der Waals surface area (Å²) in [6, 6.07) is 7.46. The molecule has 0 aliphatic carbocycles. The van der Waals surface area contributed by atoms with Gasteiger partial charge in [-0.3, -0.25) is 0 Å². The molecule has 0 radical (unpaired) electrons. The number of nitrogen functional groups attached to an aromatic ring is 1. The first-order valence-electron chi connectivity index (χ1n) is 6.11. The highest BCUT2D eigenvalue weighted by Gasteiger charge is 2.01. The summed E-state index contributed by atoms with van der Waals surface area (Å²) in [4.78, 5) is 0. The predicted octanol–water partition coefficient (Wildman–Crippen LogP) is 4.20. The van der Waals surface area contributed by atoms with Crippen molar-refractivity contribution in [2.24, 2.45) is 0 Å². The smallest absolute Gasteiger partial charge is 0.190 e. The average molecular weight is 256 g/mol. The van der Waals surface area contributed by atoms with Crippen molar-refractivity contribution in [2.45, 2.75) is 13.8 Å². The summed E-state index contributed by atoms with van der Waals surface area (Å²) >= 11 is 0. The highest BCUT2D eigenvalue weighted by molar-refractivity contribution is 5.67. The van der Waals surface area contributed by atoms with Crippen LogP contribution in [-0.4, -0.2) is 0 Å². The van der Waals surface area contributed by atoms with Gasteiger partial charge >= 0.3 is 0 Å². The molecule has 3 nitrogen and oxygen atoms in total. The SMILES string of the molecule is C=C(Nc1ccccc1N)OC(/C=C\C)=C/C=C/C. The van der Waals surface area contributed by atoms with Gasteiger partial charge in [0.05, 0.1) is 11.4 Å². The summed E-state index contributed by atoms with van der Waals surface area (Å²) in [7, 11) is 0. The quantitative estimate of drug-likeness (QED) is 0.455. The summed E-state index contributed by atoms with van der Waals surface area (Å²) in [5.74, 6) is 1.12. The van der Waals surface area contributed by atoms with Gasteiger partial charge in [-0.2, -0.15) is 0 Å². The molecular formula is C16H20N2O. The number of hydrogen-bond acceptors (Lipinski definition) is 3. The zero-order chi connectivity index (χ0) is 14.1. The van der Waals surface area contributed by atoms with Crippen molar-refractivity contribution in [2.75, 3.05) is 11.1 Å². The number of benzene rings is 1. The predicted molar refractivity (Wildman–Crippen MR) is 82.4 cm³/mol. The van der Waals surface area contributed by atoms with E-state index in [0.29, 0.717) is 17.3 Å². The van der Waals surface area contributed by atoms with Crippen molar-refractivity contribution in [3.05, 3.63) is 72.9 Å². The zero-order valence-electron chi connectivity index (χ0n) is 11.4. The van der Waals surface area contributed by atoms with Crippen molar-refractivity contribution < 1.29 is 4.74 Å². The van der Waals surface area contributed by atoms with E-state index in [9.17, 15) is 0 Å². The van der Waals surface area contributed by atoms with Crippen LogP contribution in [0.3, 0.4) is 0 Å². The number of hydrogen-bond donors (Lipinski definition) is 2. The lowest BCUT2D eigenvalue weighted by molar-refractivity contribution is 0.328. The van der Waals surface area contributed by atoms with Crippen LogP contribution in [0.4, 0.5) is 11.4 Å². The maximum Gasteiger partial charge on any atom is 0.190 e. The summed E-state index contributed by atoms with van der Waals surface area (Å²) < 4.78 is 5.61. The zero-order valence-corrected chi connectivity index (χ0v) is 11.4. The Bertz CT molecular complexity index is 513. The van der Waals surface area contributed by atoms with Crippen LogP contribution in [-0.2, 0) is 4.74 Å². The van der Waals surface area contributed by atoms with E-state index in [1.54, 1.807) is 0 Å². The van der Waals surface area contributed by atoms with Crippen molar-refractivity contribution in [3.8, 4) is 0 Å². The molecule has 0 aliphatic heterocycles. The van der Waals surface area contributed by atoms with Crippen LogP contribution in [0.25, 0.3) is 0 Å². The number of ether oxygens (including phenoxy) is 1. The molecule has 0 spiro atoms. The summed E-state index contributed by atoms with van der Waals surface area (Å²) in [5, 5.41) is 3.03. The van der Waals surface area contributed by atoms with E-state index in [4.69, 9.17) is 10.5 Å². The van der Waals surface area contributed by atoms with E-state index >= 15 is 0 Å².